The van der Waals surface area contributed by atoms with E-state index in [2.05, 4.69) is 32.1 Å². The van der Waals surface area contributed by atoms with Gasteiger partial charge in [-0.05, 0) is 30.9 Å². The number of hydrazine groups is 1. The van der Waals surface area contributed by atoms with Crippen molar-refractivity contribution in [3.8, 4) is 0 Å². The molecule has 2 aliphatic rings. The van der Waals surface area contributed by atoms with E-state index in [1.807, 2.05) is 31.2 Å². The fourth-order valence-corrected chi connectivity index (χ4v) is 4.15. The normalized spacial score (nSPS) is 22.1. The topological polar surface area (TPSA) is 66.3 Å². The molecule has 4 rings (SSSR count). The number of carbonyl (C=O) groups excluding carboxylic acids is 1. The molecule has 0 radical (unpaired) electrons. The van der Waals surface area contributed by atoms with Crippen molar-refractivity contribution in [1.82, 2.24) is 16.2 Å². The molecule has 6 heteroatoms. The predicted octanol–water partition coefficient (Wildman–Crippen LogP) is 2.99. The minimum Gasteiger partial charge on any atom is -0.455 e. The Hall–Kier alpha value is -1.63. The summed E-state index contributed by atoms with van der Waals surface area (Å²) in [7, 11) is 0. The van der Waals surface area contributed by atoms with E-state index in [1.54, 1.807) is 0 Å². The highest BCUT2D eigenvalue weighted by atomic mass is 79.9. The van der Waals surface area contributed by atoms with Crippen LogP contribution >= 0.6 is 15.9 Å². The van der Waals surface area contributed by atoms with Gasteiger partial charge >= 0.3 is 0 Å². The standard InChI is InChI=1S/C18H20BrN3O2/c1-10-15-14(7-6-12-9-21-22-16(12)15)24-17(10)18(23)20-8-11-4-2-3-5-13(11)19/h2-5,12,16,21-22H,6-9H2,1H3,(H,20,23). The zero-order valence-electron chi connectivity index (χ0n) is 13.5. The van der Waals surface area contributed by atoms with E-state index in [4.69, 9.17) is 4.42 Å². The Morgan fingerprint density at radius 3 is 3.08 bits per heavy atom. The van der Waals surface area contributed by atoms with E-state index >= 15 is 0 Å². The highest BCUT2D eigenvalue weighted by Gasteiger charge is 2.38. The first-order valence-corrected chi connectivity index (χ1v) is 9.06. The fraction of sp³-hybridized carbons (Fsp3) is 0.389. The minimum absolute atomic E-state index is 0.153. The molecule has 0 bridgehead atoms. The third-order valence-electron chi connectivity index (χ3n) is 5.02. The van der Waals surface area contributed by atoms with Crippen LogP contribution in [0, 0.1) is 12.8 Å². The summed E-state index contributed by atoms with van der Waals surface area (Å²) in [6.07, 6.45) is 1.99. The molecule has 5 nitrogen and oxygen atoms in total. The summed E-state index contributed by atoms with van der Waals surface area (Å²) < 4.78 is 6.92. The number of aryl methyl sites for hydroxylation is 1. The fourth-order valence-electron chi connectivity index (χ4n) is 3.72. The van der Waals surface area contributed by atoms with Gasteiger partial charge in [-0.3, -0.25) is 10.2 Å². The van der Waals surface area contributed by atoms with E-state index < -0.39 is 0 Å². The van der Waals surface area contributed by atoms with Crippen molar-refractivity contribution in [3.05, 3.63) is 56.9 Å². The van der Waals surface area contributed by atoms with Crippen molar-refractivity contribution < 1.29 is 9.21 Å². The Labute approximate surface area is 149 Å². The van der Waals surface area contributed by atoms with Crippen LogP contribution in [0.1, 0.15) is 45.5 Å². The van der Waals surface area contributed by atoms with E-state index in [1.165, 1.54) is 5.56 Å². The van der Waals surface area contributed by atoms with Gasteiger partial charge in [0.1, 0.15) is 5.76 Å². The maximum absolute atomic E-state index is 12.6. The number of furan rings is 1. The molecule has 2 aromatic rings. The molecular weight excluding hydrogens is 370 g/mol. The first-order chi connectivity index (χ1) is 11.6. The zero-order valence-corrected chi connectivity index (χ0v) is 15.1. The molecule has 2 unspecified atom stereocenters. The van der Waals surface area contributed by atoms with Gasteiger partial charge < -0.3 is 9.73 Å². The van der Waals surface area contributed by atoms with E-state index in [-0.39, 0.29) is 11.9 Å². The van der Waals surface area contributed by atoms with Crippen LogP contribution in [0.2, 0.25) is 0 Å². The van der Waals surface area contributed by atoms with Crippen LogP contribution in [0.5, 0.6) is 0 Å². The van der Waals surface area contributed by atoms with Gasteiger partial charge in [0.15, 0.2) is 5.76 Å². The van der Waals surface area contributed by atoms with Gasteiger partial charge in [0.25, 0.3) is 5.91 Å². The number of hydrogen-bond donors (Lipinski definition) is 3. The minimum atomic E-state index is -0.153. The Morgan fingerprint density at radius 2 is 2.25 bits per heavy atom. The quantitative estimate of drug-likeness (QED) is 0.754. The Bertz CT molecular complexity index is 787. The Kier molecular flexibility index (Phi) is 4.20. The number of rotatable bonds is 3. The maximum atomic E-state index is 12.6. The van der Waals surface area contributed by atoms with Crippen molar-refractivity contribution in [2.45, 2.75) is 32.4 Å². The van der Waals surface area contributed by atoms with Crippen molar-refractivity contribution in [2.75, 3.05) is 6.54 Å². The second-order valence-corrected chi connectivity index (χ2v) is 7.32. The molecule has 1 aromatic carbocycles. The zero-order chi connectivity index (χ0) is 16.7. The van der Waals surface area contributed by atoms with Gasteiger partial charge in [0.2, 0.25) is 0 Å². The van der Waals surface area contributed by atoms with Gasteiger partial charge in [-0.15, -0.1) is 0 Å². The molecule has 0 saturated carbocycles. The monoisotopic (exact) mass is 389 g/mol. The number of nitrogens with one attached hydrogen (secondary N) is 3. The average molecular weight is 390 g/mol. The van der Waals surface area contributed by atoms with Crippen molar-refractivity contribution in [3.63, 3.8) is 0 Å². The molecule has 1 saturated heterocycles. The lowest BCUT2D eigenvalue weighted by Crippen LogP contribution is -2.27. The van der Waals surface area contributed by atoms with Crippen LogP contribution in [0.15, 0.2) is 33.2 Å². The van der Waals surface area contributed by atoms with E-state index in [9.17, 15) is 4.79 Å². The number of amides is 1. The SMILES string of the molecule is Cc1c(C(=O)NCc2ccccc2Br)oc2c1C1NNCC1CC2. The van der Waals surface area contributed by atoms with Crippen LogP contribution in [-0.4, -0.2) is 12.5 Å². The number of carbonyl (C=O) groups is 1. The van der Waals surface area contributed by atoms with Gasteiger partial charge in [-0.1, -0.05) is 34.1 Å². The van der Waals surface area contributed by atoms with Gasteiger partial charge in [0.05, 0.1) is 6.04 Å². The second kappa shape index (κ2) is 6.35. The highest BCUT2D eigenvalue weighted by molar-refractivity contribution is 9.10. The third kappa shape index (κ3) is 2.68. The van der Waals surface area contributed by atoms with Crippen molar-refractivity contribution in [2.24, 2.45) is 5.92 Å². The summed E-state index contributed by atoms with van der Waals surface area (Å²) in [6, 6.07) is 8.13. The Morgan fingerprint density at radius 1 is 1.42 bits per heavy atom. The molecule has 0 spiro atoms. The molecule has 1 aliphatic heterocycles. The molecule has 2 heterocycles. The first-order valence-electron chi connectivity index (χ1n) is 8.27. The Balaban J connectivity index is 1.54. The molecule has 2 atom stereocenters. The van der Waals surface area contributed by atoms with Crippen LogP contribution in [0.4, 0.5) is 0 Å². The molecule has 24 heavy (non-hydrogen) atoms. The molecular formula is C18H20BrN3O2. The van der Waals surface area contributed by atoms with Crippen molar-refractivity contribution in [1.29, 1.82) is 0 Å². The van der Waals surface area contributed by atoms with Crippen LogP contribution < -0.4 is 16.2 Å². The van der Waals surface area contributed by atoms with Crippen molar-refractivity contribution >= 4 is 21.8 Å². The molecule has 126 valence electrons. The summed E-state index contributed by atoms with van der Waals surface area (Å²) in [5.41, 5.74) is 9.72. The largest absolute Gasteiger partial charge is 0.455 e. The predicted molar refractivity (Wildman–Crippen MR) is 94.4 cm³/mol. The summed E-state index contributed by atoms with van der Waals surface area (Å²) in [5.74, 6) is 1.82. The number of halogens is 1. The smallest absolute Gasteiger partial charge is 0.287 e. The summed E-state index contributed by atoms with van der Waals surface area (Å²) >= 11 is 3.50. The molecule has 1 fully saturated rings. The second-order valence-electron chi connectivity index (χ2n) is 6.47. The van der Waals surface area contributed by atoms with Crippen LogP contribution in [0.3, 0.4) is 0 Å². The highest BCUT2D eigenvalue weighted by Crippen LogP contribution is 2.40. The number of hydrogen-bond acceptors (Lipinski definition) is 4. The lowest BCUT2D eigenvalue weighted by Gasteiger charge is -2.23. The average Bonchev–Trinajstić information content (AvgIpc) is 3.18. The molecule has 1 aromatic heterocycles. The third-order valence-corrected chi connectivity index (χ3v) is 5.79. The first kappa shape index (κ1) is 15.9. The maximum Gasteiger partial charge on any atom is 0.287 e. The summed E-state index contributed by atoms with van der Waals surface area (Å²) in [5, 5.41) is 2.97. The van der Waals surface area contributed by atoms with Crippen LogP contribution in [0.25, 0.3) is 0 Å². The van der Waals surface area contributed by atoms with Gasteiger partial charge in [0, 0.05) is 35.1 Å². The van der Waals surface area contributed by atoms with E-state index in [0.717, 1.165) is 40.7 Å². The lowest BCUT2D eigenvalue weighted by molar-refractivity contribution is 0.0920. The summed E-state index contributed by atoms with van der Waals surface area (Å²) in [6.45, 7) is 3.42. The van der Waals surface area contributed by atoms with E-state index in [0.29, 0.717) is 18.2 Å². The lowest BCUT2D eigenvalue weighted by atomic mass is 9.83. The number of benzene rings is 1. The summed E-state index contributed by atoms with van der Waals surface area (Å²) in [4.78, 5) is 12.6. The van der Waals surface area contributed by atoms with Crippen LogP contribution in [-0.2, 0) is 13.0 Å². The van der Waals surface area contributed by atoms with Gasteiger partial charge in [-0.2, -0.15) is 0 Å². The molecule has 3 N–H and O–H groups in total. The molecule has 1 amide bonds. The van der Waals surface area contributed by atoms with Gasteiger partial charge in [-0.25, -0.2) is 5.43 Å². The number of fused-ring (bicyclic) bond motifs is 3. The molecule has 1 aliphatic carbocycles.